The Kier molecular flexibility index (Phi) is 5.18. The summed E-state index contributed by atoms with van der Waals surface area (Å²) in [4.78, 5) is 25.3. The molecule has 5 nitrogen and oxygen atoms in total. The number of carbonyl (C=O) groups is 2. The van der Waals surface area contributed by atoms with Crippen molar-refractivity contribution in [1.29, 1.82) is 0 Å². The van der Waals surface area contributed by atoms with Crippen LogP contribution in [-0.4, -0.2) is 29.3 Å². The van der Waals surface area contributed by atoms with Crippen molar-refractivity contribution in [3.63, 3.8) is 0 Å². The van der Waals surface area contributed by atoms with Crippen molar-refractivity contribution < 1.29 is 9.59 Å². The molecule has 0 spiro atoms. The minimum absolute atomic E-state index is 0. The fraction of sp³-hybridized carbons (Fsp3) is 0.385. The molecule has 6 heteroatoms. The Morgan fingerprint density at radius 1 is 1.26 bits per heavy atom. The van der Waals surface area contributed by atoms with E-state index in [-0.39, 0.29) is 18.3 Å². The highest BCUT2D eigenvalue weighted by molar-refractivity contribution is 5.98. The SMILES string of the molecule is Cl.NC(=O)C1CCCCN1C(=O)c1cccc(N)c1. The Balaban J connectivity index is 0.00000180. The fourth-order valence-corrected chi connectivity index (χ4v) is 2.31. The zero-order valence-corrected chi connectivity index (χ0v) is 11.4. The number of likely N-dealkylation sites (tertiary alicyclic amines) is 1. The van der Waals surface area contributed by atoms with Crippen LogP contribution in [0.4, 0.5) is 5.69 Å². The molecule has 1 aromatic rings. The van der Waals surface area contributed by atoms with Crippen molar-refractivity contribution in [2.75, 3.05) is 12.3 Å². The molecule has 2 amide bonds. The average molecular weight is 284 g/mol. The monoisotopic (exact) mass is 283 g/mol. The zero-order chi connectivity index (χ0) is 13.1. The molecule has 19 heavy (non-hydrogen) atoms. The number of amides is 2. The maximum atomic E-state index is 12.3. The number of hydrogen-bond donors (Lipinski definition) is 2. The number of halogens is 1. The van der Waals surface area contributed by atoms with Crippen LogP contribution >= 0.6 is 12.4 Å². The van der Waals surface area contributed by atoms with E-state index in [0.717, 1.165) is 12.8 Å². The second-order valence-electron chi connectivity index (χ2n) is 4.54. The average Bonchev–Trinajstić information content (AvgIpc) is 2.38. The van der Waals surface area contributed by atoms with Gasteiger partial charge in [0.05, 0.1) is 0 Å². The number of nitrogens with two attached hydrogens (primary N) is 2. The molecule has 104 valence electrons. The van der Waals surface area contributed by atoms with Crippen molar-refractivity contribution in [2.45, 2.75) is 25.3 Å². The van der Waals surface area contributed by atoms with Crippen LogP contribution < -0.4 is 11.5 Å². The van der Waals surface area contributed by atoms with Crippen LogP contribution in [0.3, 0.4) is 0 Å². The minimum Gasteiger partial charge on any atom is -0.399 e. The molecule has 1 aromatic carbocycles. The molecule has 2 rings (SSSR count). The van der Waals surface area contributed by atoms with Gasteiger partial charge in [-0.15, -0.1) is 12.4 Å². The van der Waals surface area contributed by atoms with Crippen molar-refractivity contribution in [2.24, 2.45) is 5.73 Å². The van der Waals surface area contributed by atoms with E-state index in [4.69, 9.17) is 11.5 Å². The van der Waals surface area contributed by atoms with Gasteiger partial charge in [-0.25, -0.2) is 0 Å². The highest BCUT2D eigenvalue weighted by atomic mass is 35.5. The van der Waals surface area contributed by atoms with Gasteiger partial charge in [-0.2, -0.15) is 0 Å². The van der Waals surface area contributed by atoms with E-state index in [1.54, 1.807) is 29.2 Å². The lowest BCUT2D eigenvalue weighted by molar-refractivity contribution is -0.123. The van der Waals surface area contributed by atoms with E-state index in [0.29, 0.717) is 24.2 Å². The second-order valence-corrected chi connectivity index (χ2v) is 4.54. The number of rotatable bonds is 2. The molecule has 1 aliphatic rings. The van der Waals surface area contributed by atoms with Crippen LogP contribution in [0.1, 0.15) is 29.6 Å². The van der Waals surface area contributed by atoms with E-state index < -0.39 is 11.9 Å². The van der Waals surface area contributed by atoms with Gasteiger partial charge in [-0.3, -0.25) is 9.59 Å². The molecule has 0 radical (unpaired) electrons. The van der Waals surface area contributed by atoms with Crippen molar-refractivity contribution >= 4 is 29.9 Å². The summed E-state index contributed by atoms with van der Waals surface area (Å²) >= 11 is 0. The van der Waals surface area contributed by atoms with Crippen LogP contribution in [0.2, 0.25) is 0 Å². The fourth-order valence-electron chi connectivity index (χ4n) is 2.31. The van der Waals surface area contributed by atoms with Crippen molar-refractivity contribution in [1.82, 2.24) is 4.90 Å². The lowest BCUT2D eigenvalue weighted by Crippen LogP contribution is -2.50. The Hall–Kier alpha value is -1.75. The summed E-state index contributed by atoms with van der Waals surface area (Å²) in [6.07, 6.45) is 2.47. The van der Waals surface area contributed by atoms with Crippen molar-refractivity contribution in [3.05, 3.63) is 29.8 Å². The number of carbonyl (C=O) groups excluding carboxylic acids is 2. The lowest BCUT2D eigenvalue weighted by Gasteiger charge is -2.33. The third kappa shape index (κ3) is 3.38. The summed E-state index contributed by atoms with van der Waals surface area (Å²) in [6.45, 7) is 0.571. The Morgan fingerprint density at radius 3 is 2.63 bits per heavy atom. The molecule has 4 N–H and O–H groups in total. The molecule has 0 aliphatic carbocycles. The van der Waals surface area contributed by atoms with Crippen LogP contribution in [0, 0.1) is 0 Å². The Morgan fingerprint density at radius 2 is 2.00 bits per heavy atom. The van der Waals surface area contributed by atoms with Gasteiger partial charge in [-0.1, -0.05) is 6.07 Å². The van der Waals surface area contributed by atoms with E-state index in [2.05, 4.69) is 0 Å². The van der Waals surface area contributed by atoms with Gasteiger partial charge in [0.25, 0.3) is 5.91 Å². The third-order valence-corrected chi connectivity index (χ3v) is 3.23. The lowest BCUT2D eigenvalue weighted by atomic mass is 10.00. The number of piperidine rings is 1. The smallest absolute Gasteiger partial charge is 0.254 e. The molecule has 1 saturated heterocycles. The van der Waals surface area contributed by atoms with Crippen molar-refractivity contribution in [3.8, 4) is 0 Å². The van der Waals surface area contributed by atoms with Crippen LogP contribution in [-0.2, 0) is 4.79 Å². The normalized spacial score (nSPS) is 18.5. The van der Waals surface area contributed by atoms with Gasteiger partial charge >= 0.3 is 0 Å². The first kappa shape index (κ1) is 15.3. The first-order valence-electron chi connectivity index (χ1n) is 6.05. The Bertz CT molecular complexity index is 479. The van der Waals surface area contributed by atoms with Crippen LogP contribution in [0.25, 0.3) is 0 Å². The quantitative estimate of drug-likeness (QED) is 0.799. The van der Waals surface area contributed by atoms with Gasteiger partial charge < -0.3 is 16.4 Å². The van der Waals surface area contributed by atoms with Crippen LogP contribution in [0.15, 0.2) is 24.3 Å². The highest BCUT2D eigenvalue weighted by Crippen LogP contribution is 2.20. The highest BCUT2D eigenvalue weighted by Gasteiger charge is 2.31. The van der Waals surface area contributed by atoms with Gasteiger partial charge in [0.1, 0.15) is 6.04 Å². The molecule has 0 saturated carbocycles. The second kappa shape index (κ2) is 6.43. The van der Waals surface area contributed by atoms with E-state index in [1.807, 2.05) is 0 Å². The molecular formula is C13H18ClN3O2. The van der Waals surface area contributed by atoms with E-state index in [9.17, 15) is 9.59 Å². The molecule has 0 aromatic heterocycles. The summed E-state index contributed by atoms with van der Waals surface area (Å²) in [6, 6.07) is 6.28. The minimum atomic E-state index is -0.493. The number of nitrogens with zero attached hydrogens (tertiary/aromatic N) is 1. The van der Waals surface area contributed by atoms with Gasteiger partial charge in [0.2, 0.25) is 5.91 Å². The summed E-state index contributed by atoms with van der Waals surface area (Å²) in [5.41, 5.74) is 12.0. The first-order chi connectivity index (χ1) is 8.59. The van der Waals surface area contributed by atoms with Gasteiger partial charge in [0.15, 0.2) is 0 Å². The number of nitrogen functional groups attached to an aromatic ring is 1. The molecule has 1 aliphatic heterocycles. The molecule has 0 bridgehead atoms. The summed E-state index contributed by atoms with van der Waals surface area (Å²) in [5, 5.41) is 0. The molecule has 1 heterocycles. The number of anilines is 1. The summed E-state index contributed by atoms with van der Waals surface area (Å²) in [5.74, 6) is -0.613. The Labute approximate surface area is 118 Å². The molecular weight excluding hydrogens is 266 g/mol. The number of hydrogen-bond acceptors (Lipinski definition) is 3. The maximum absolute atomic E-state index is 12.3. The standard InChI is InChI=1S/C13H17N3O2.ClH/c14-10-5-3-4-9(8-10)13(18)16-7-2-1-6-11(16)12(15)17;/h3-5,8,11H,1-2,6-7,14H2,(H2,15,17);1H. The zero-order valence-electron chi connectivity index (χ0n) is 10.5. The third-order valence-electron chi connectivity index (χ3n) is 3.23. The molecule has 1 atom stereocenters. The van der Waals surface area contributed by atoms with E-state index >= 15 is 0 Å². The van der Waals surface area contributed by atoms with E-state index in [1.165, 1.54) is 0 Å². The molecule has 1 unspecified atom stereocenters. The summed E-state index contributed by atoms with van der Waals surface area (Å²) < 4.78 is 0. The van der Waals surface area contributed by atoms with Crippen LogP contribution in [0.5, 0.6) is 0 Å². The maximum Gasteiger partial charge on any atom is 0.254 e. The van der Waals surface area contributed by atoms with Gasteiger partial charge in [-0.05, 0) is 37.5 Å². The van der Waals surface area contributed by atoms with Gasteiger partial charge in [0, 0.05) is 17.8 Å². The largest absolute Gasteiger partial charge is 0.399 e. The topological polar surface area (TPSA) is 89.4 Å². The molecule has 1 fully saturated rings. The number of benzene rings is 1. The predicted molar refractivity (Wildman–Crippen MR) is 76.0 cm³/mol. The summed E-state index contributed by atoms with van der Waals surface area (Å²) in [7, 11) is 0. The first-order valence-corrected chi connectivity index (χ1v) is 6.05. The number of primary amides is 1. The predicted octanol–water partition coefficient (Wildman–Crippen LogP) is 1.17.